The molecule has 1 heterocycles. The summed E-state index contributed by atoms with van der Waals surface area (Å²) in [6.07, 6.45) is -1.57. The van der Waals surface area contributed by atoms with Gasteiger partial charge in [-0.2, -0.15) is 13.2 Å². The number of carboxylic acids is 1. The Morgan fingerprint density at radius 3 is 1.93 bits per heavy atom. The van der Waals surface area contributed by atoms with Crippen molar-refractivity contribution < 1.29 is 27.9 Å². The molecule has 0 unspecified atom stereocenters. The van der Waals surface area contributed by atoms with Crippen LogP contribution in [0, 0.1) is 0 Å². The number of carboxylic acid groups (broad SMARTS) is 1. The average Bonchev–Trinajstić information content (AvgIpc) is 3.28. The second-order valence-electron chi connectivity index (χ2n) is 10.7. The molecule has 0 spiro atoms. The molecule has 1 aliphatic carbocycles. The molecule has 1 fully saturated rings. The molecule has 1 aliphatic heterocycles. The first-order valence-corrected chi connectivity index (χ1v) is 14.9. The lowest BCUT2D eigenvalue weighted by Crippen LogP contribution is -2.49. The van der Waals surface area contributed by atoms with E-state index in [9.17, 15) is 27.9 Å². The molecule has 11 heteroatoms. The van der Waals surface area contributed by atoms with Crippen molar-refractivity contribution in [3.63, 3.8) is 0 Å². The lowest BCUT2D eigenvalue weighted by Gasteiger charge is -2.35. The standard InChI is InChI=1S/C30H30Cl2N2O3.C2H4F3N/c31-26-12-11-21(19-27(26)32)20-28(35)34-17-15-33(16-18-34)14-6-5-13-30(29(36)37)24-9-3-1-7-22(24)23-8-2-4-10-25(23)30;3-2(4,5)1-6/h1-4,7-12,19H,5-6,13-18,20H2,(H,36,37);1,6H2. The molecular weight excluding hydrogens is 602 g/mol. The zero-order valence-corrected chi connectivity index (χ0v) is 25.1. The highest BCUT2D eigenvalue weighted by atomic mass is 35.5. The number of nitrogens with zero attached hydrogens (tertiary/aromatic N) is 2. The normalized spacial score (nSPS) is 15.7. The Labute approximate surface area is 259 Å². The molecule has 5 rings (SSSR count). The van der Waals surface area contributed by atoms with E-state index in [1.165, 1.54) is 0 Å². The third-order valence-corrected chi connectivity index (χ3v) is 8.74. The van der Waals surface area contributed by atoms with Crippen molar-refractivity contribution in [2.45, 2.75) is 37.3 Å². The highest BCUT2D eigenvalue weighted by molar-refractivity contribution is 6.42. The van der Waals surface area contributed by atoms with Crippen molar-refractivity contribution in [1.82, 2.24) is 9.80 Å². The minimum atomic E-state index is -4.18. The van der Waals surface area contributed by atoms with Gasteiger partial charge >= 0.3 is 12.1 Å². The molecule has 0 saturated carbocycles. The van der Waals surface area contributed by atoms with Gasteiger partial charge in [-0.05, 0) is 59.3 Å². The topological polar surface area (TPSA) is 86.9 Å². The van der Waals surface area contributed by atoms with Crippen LogP contribution in [-0.4, -0.2) is 72.2 Å². The molecule has 0 aromatic heterocycles. The molecule has 1 saturated heterocycles. The van der Waals surface area contributed by atoms with Crippen LogP contribution in [0.4, 0.5) is 13.2 Å². The number of halogens is 5. The average molecular weight is 637 g/mol. The fourth-order valence-electron chi connectivity index (χ4n) is 5.81. The molecular formula is C32H34Cl2F3N3O3. The predicted octanol–water partition coefficient (Wildman–Crippen LogP) is 6.41. The second kappa shape index (κ2) is 14.1. The molecule has 3 aromatic rings. The van der Waals surface area contributed by atoms with Crippen molar-refractivity contribution in [3.05, 3.63) is 93.5 Å². The number of fused-ring (bicyclic) bond motifs is 3. The van der Waals surface area contributed by atoms with Gasteiger partial charge in [-0.25, -0.2) is 0 Å². The second-order valence-corrected chi connectivity index (χ2v) is 11.5. The zero-order chi connectivity index (χ0) is 31.2. The largest absolute Gasteiger partial charge is 0.480 e. The van der Waals surface area contributed by atoms with Crippen LogP contribution < -0.4 is 5.73 Å². The third kappa shape index (κ3) is 7.70. The fourth-order valence-corrected chi connectivity index (χ4v) is 6.14. The molecule has 0 radical (unpaired) electrons. The Morgan fingerprint density at radius 2 is 1.42 bits per heavy atom. The number of carbonyl (C=O) groups is 2. The van der Waals surface area contributed by atoms with Crippen LogP contribution in [0.15, 0.2) is 66.7 Å². The molecule has 1 amide bonds. The number of nitrogens with two attached hydrogens (primary N) is 1. The predicted molar refractivity (Wildman–Crippen MR) is 162 cm³/mol. The molecule has 2 aliphatic rings. The summed E-state index contributed by atoms with van der Waals surface area (Å²) in [6, 6.07) is 21.1. The number of hydrogen-bond acceptors (Lipinski definition) is 4. The Morgan fingerprint density at radius 1 is 0.860 bits per heavy atom. The molecule has 0 bridgehead atoms. The summed E-state index contributed by atoms with van der Waals surface area (Å²) >= 11 is 12.1. The van der Waals surface area contributed by atoms with Gasteiger partial charge in [0.05, 0.1) is 23.0 Å². The zero-order valence-electron chi connectivity index (χ0n) is 23.5. The van der Waals surface area contributed by atoms with Gasteiger partial charge in [0.25, 0.3) is 0 Å². The summed E-state index contributed by atoms with van der Waals surface area (Å²) in [5.74, 6) is -0.681. The van der Waals surface area contributed by atoms with Gasteiger partial charge in [0.2, 0.25) is 5.91 Å². The number of unbranched alkanes of at least 4 members (excludes halogenated alkanes) is 1. The third-order valence-electron chi connectivity index (χ3n) is 8.00. The number of benzene rings is 3. The SMILES string of the molecule is NCC(F)(F)F.O=C(Cc1ccc(Cl)c(Cl)c1)N1CCN(CCCCC2(C(=O)O)c3ccccc3-c3ccccc32)CC1. The van der Waals surface area contributed by atoms with Crippen LogP contribution in [0.1, 0.15) is 36.0 Å². The van der Waals surface area contributed by atoms with E-state index in [2.05, 4.69) is 10.6 Å². The number of aliphatic carboxylic acids is 1. The van der Waals surface area contributed by atoms with Crippen molar-refractivity contribution in [1.29, 1.82) is 0 Å². The lowest BCUT2D eigenvalue weighted by atomic mass is 9.74. The quantitative estimate of drug-likeness (QED) is 0.279. The highest BCUT2D eigenvalue weighted by Gasteiger charge is 2.48. The number of piperazine rings is 1. The van der Waals surface area contributed by atoms with Gasteiger partial charge in [-0.15, -0.1) is 0 Å². The maximum Gasteiger partial charge on any atom is 0.400 e. The number of amides is 1. The van der Waals surface area contributed by atoms with Gasteiger partial charge in [0, 0.05) is 26.2 Å². The van der Waals surface area contributed by atoms with Crippen LogP contribution in [0.2, 0.25) is 10.0 Å². The molecule has 3 aromatic carbocycles. The maximum atomic E-state index is 12.8. The summed E-state index contributed by atoms with van der Waals surface area (Å²) in [4.78, 5) is 29.8. The molecule has 0 atom stereocenters. The Hall–Kier alpha value is -3.11. The molecule has 230 valence electrons. The summed E-state index contributed by atoms with van der Waals surface area (Å²) in [6.45, 7) is 2.70. The molecule has 3 N–H and O–H groups in total. The van der Waals surface area contributed by atoms with Gasteiger partial charge in [0.15, 0.2) is 0 Å². The number of hydrogen-bond donors (Lipinski definition) is 2. The van der Waals surface area contributed by atoms with Crippen molar-refractivity contribution in [2.75, 3.05) is 39.3 Å². The first-order chi connectivity index (χ1) is 20.5. The van der Waals surface area contributed by atoms with E-state index in [1.54, 1.807) is 12.1 Å². The van der Waals surface area contributed by atoms with E-state index >= 15 is 0 Å². The van der Waals surface area contributed by atoms with Crippen molar-refractivity contribution in [3.8, 4) is 11.1 Å². The van der Waals surface area contributed by atoms with Gasteiger partial charge in [-0.3, -0.25) is 14.5 Å². The van der Waals surface area contributed by atoms with Crippen LogP contribution in [0.5, 0.6) is 0 Å². The summed E-state index contributed by atoms with van der Waals surface area (Å²) in [7, 11) is 0. The van der Waals surface area contributed by atoms with Crippen LogP contribution in [0.25, 0.3) is 11.1 Å². The maximum absolute atomic E-state index is 12.8. The fraction of sp³-hybridized carbons (Fsp3) is 0.375. The summed E-state index contributed by atoms with van der Waals surface area (Å²) in [5, 5.41) is 11.4. The summed E-state index contributed by atoms with van der Waals surface area (Å²) < 4.78 is 32.0. The van der Waals surface area contributed by atoms with Crippen molar-refractivity contribution in [2.24, 2.45) is 5.73 Å². The lowest BCUT2D eigenvalue weighted by molar-refractivity contribution is -0.142. The monoisotopic (exact) mass is 635 g/mol. The van der Waals surface area contributed by atoms with E-state index in [1.807, 2.05) is 59.5 Å². The van der Waals surface area contributed by atoms with E-state index in [-0.39, 0.29) is 5.91 Å². The smallest absolute Gasteiger partial charge is 0.400 e. The van der Waals surface area contributed by atoms with E-state index in [0.717, 1.165) is 60.3 Å². The van der Waals surface area contributed by atoms with E-state index in [4.69, 9.17) is 23.2 Å². The number of rotatable bonds is 8. The van der Waals surface area contributed by atoms with Gasteiger partial charge < -0.3 is 15.7 Å². The van der Waals surface area contributed by atoms with E-state index < -0.39 is 24.1 Å². The Kier molecular flexibility index (Phi) is 10.8. The number of carbonyl (C=O) groups excluding carboxylic acids is 1. The van der Waals surface area contributed by atoms with Gasteiger partial charge in [-0.1, -0.05) is 84.2 Å². The van der Waals surface area contributed by atoms with Crippen molar-refractivity contribution >= 4 is 35.1 Å². The highest BCUT2D eigenvalue weighted by Crippen LogP contribution is 2.51. The van der Waals surface area contributed by atoms with Crippen LogP contribution in [0.3, 0.4) is 0 Å². The molecule has 6 nitrogen and oxygen atoms in total. The minimum absolute atomic E-state index is 0.0972. The Bertz CT molecular complexity index is 1400. The summed E-state index contributed by atoms with van der Waals surface area (Å²) in [5.41, 5.74) is 7.91. The van der Waals surface area contributed by atoms with Gasteiger partial charge in [0.1, 0.15) is 5.41 Å². The first kappa shape index (κ1) is 32.8. The van der Waals surface area contributed by atoms with E-state index in [0.29, 0.717) is 36.0 Å². The number of alkyl halides is 3. The Balaban J connectivity index is 0.000000641. The molecule has 43 heavy (non-hydrogen) atoms. The van der Waals surface area contributed by atoms with Crippen LogP contribution >= 0.6 is 23.2 Å². The first-order valence-electron chi connectivity index (χ1n) is 14.1. The minimum Gasteiger partial charge on any atom is -0.480 e. The van der Waals surface area contributed by atoms with Crippen LogP contribution in [-0.2, 0) is 21.4 Å².